The molecule has 7 heteroatoms. The Morgan fingerprint density at radius 1 is 1.58 bits per heavy atom. The molecule has 0 aliphatic carbocycles. The molecule has 0 saturated heterocycles. The zero-order chi connectivity index (χ0) is 14.3. The lowest BCUT2D eigenvalue weighted by atomic mass is 10.4. The number of carbonyl (C=O) groups is 2. The Morgan fingerprint density at radius 2 is 2.32 bits per heavy atom. The van der Waals surface area contributed by atoms with E-state index < -0.39 is 5.91 Å². The average molecular weight is 284 g/mol. The predicted molar refractivity (Wildman–Crippen MR) is 76.9 cm³/mol. The minimum atomic E-state index is -0.468. The summed E-state index contributed by atoms with van der Waals surface area (Å²) in [6, 6.07) is 0. The maximum absolute atomic E-state index is 11.9. The molecule has 1 aromatic heterocycles. The highest BCUT2D eigenvalue weighted by Gasteiger charge is 2.14. The smallest absolute Gasteiger partial charge is 0.239 e. The molecule has 2 amide bonds. The van der Waals surface area contributed by atoms with Crippen LogP contribution in [0.5, 0.6) is 0 Å². The number of nitrogens with one attached hydrogen (secondary N) is 1. The molecule has 0 fully saturated rings. The third kappa shape index (κ3) is 5.78. The first-order chi connectivity index (χ1) is 9.02. The molecule has 0 radical (unpaired) electrons. The van der Waals surface area contributed by atoms with Crippen molar-refractivity contribution in [3.05, 3.63) is 12.4 Å². The lowest BCUT2D eigenvalue weighted by Gasteiger charge is -2.10. The molecule has 106 valence electrons. The van der Waals surface area contributed by atoms with Crippen LogP contribution in [0.15, 0.2) is 12.4 Å². The van der Waals surface area contributed by atoms with Gasteiger partial charge >= 0.3 is 0 Å². The van der Waals surface area contributed by atoms with E-state index in [1.165, 1.54) is 10.9 Å². The van der Waals surface area contributed by atoms with E-state index in [-0.39, 0.29) is 17.7 Å². The molecular formula is C12H20N4O2S. The van der Waals surface area contributed by atoms with Gasteiger partial charge in [-0.3, -0.25) is 14.3 Å². The Bertz CT molecular complexity index is 433. The summed E-state index contributed by atoms with van der Waals surface area (Å²) < 4.78 is 1.40. The quantitative estimate of drug-likeness (QED) is 0.702. The minimum absolute atomic E-state index is 0.0106. The van der Waals surface area contributed by atoms with Crippen LogP contribution in [-0.2, 0) is 16.1 Å². The second-order valence-electron chi connectivity index (χ2n) is 4.25. The average Bonchev–Trinajstić information content (AvgIpc) is 2.75. The molecule has 19 heavy (non-hydrogen) atoms. The third-order valence-electron chi connectivity index (χ3n) is 2.45. The molecule has 1 heterocycles. The largest absolute Gasteiger partial charge is 0.368 e. The van der Waals surface area contributed by atoms with Crippen LogP contribution in [0.25, 0.3) is 0 Å². The number of unbranched alkanes of at least 4 members (excludes halogenated alkanes) is 1. The number of thioether (sulfide) groups is 1. The van der Waals surface area contributed by atoms with Crippen molar-refractivity contribution in [2.75, 3.05) is 11.1 Å². The van der Waals surface area contributed by atoms with Crippen LogP contribution in [0, 0.1) is 0 Å². The number of aromatic nitrogens is 2. The zero-order valence-electron chi connectivity index (χ0n) is 11.3. The second kappa shape index (κ2) is 7.83. The second-order valence-corrected chi connectivity index (χ2v) is 5.70. The Hall–Kier alpha value is -1.50. The van der Waals surface area contributed by atoms with E-state index >= 15 is 0 Å². The van der Waals surface area contributed by atoms with Gasteiger partial charge in [-0.25, -0.2) is 0 Å². The Labute approximate surface area is 117 Å². The van der Waals surface area contributed by atoms with Crippen LogP contribution in [0.2, 0.25) is 0 Å². The van der Waals surface area contributed by atoms with Gasteiger partial charge in [-0.1, -0.05) is 13.3 Å². The highest BCUT2D eigenvalue weighted by molar-refractivity contribution is 8.00. The molecule has 0 bridgehead atoms. The van der Waals surface area contributed by atoms with Gasteiger partial charge in [-0.2, -0.15) is 5.10 Å². The van der Waals surface area contributed by atoms with E-state index in [0.717, 1.165) is 18.6 Å². The maximum Gasteiger partial charge on any atom is 0.239 e. The van der Waals surface area contributed by atoms with Crippen LogP contribution in [0.1, 0.15) is 26.7 Å². The predicted octanol–water partition coefficient (Wildman–Crippen LogP) is 1.23. The molecule has 1 atom stereocenters. The molecule has 0 aliphatic rings. The van der Waals surface area contributed by atoms with Crippen molar-refractivity contribution in [1.29, 1.82) is 0 Å². The van der Waals surface area contributed by atoms with Gasteiger partial charge in [0.2, 0.25) is 11.8 Å². The normalized spacial score (nSPS) is 12.1. The summed E-state index contributed by atoms with van der Waals surface area (Å²) in [5.41, 5.74) is 5.64. The Kier molecular flexibility index (Phi) is 6.41. The Balaban J connectivity index is 2.43. The van der Waals surface area contributed by atoms with Crippen molar-refractivity contribution >= 4 is 29.3 Å². The summed E-state index contributed by atoms with van der Waals surface area (Å²) >= 11 is 1.63. The molecule has 3 N–H and O–H groups in total. The van der Waals surface area contributed by atoms with E-state index in [9.17, 15) is 9.59 Å². The number of amides is 2. The highest BCUT2D eigenvalue weighted by Crippen LogP contribution is 2.15. The monoisotopic (exact) mass is 284 g/mol. The SMILES string of the molecule is CCCCS[C@@H](C)C(=O)Nc1cnn(CC(N)=O)c1. The minimum Gasteiger partial charge on any atom is -0.368 e. The van der Waals surface area contributed by atoms with E-state index in [0.29, 0.717) is 5.69 Å². The molecule has 1 rings (SSSR count). The lowest BCUT2D eigenvalue weighted by Crippen LogP contribution is -2.22. The number of nitrogens with zero attached hydrogens (tertiary/aromatic N) is 2. The van der Waals surface area contributed by atoms with Gasteiger partial charge < -0.3 is 11.1 Å². The topological polar surface area (TPSA) is 90.0 Å². The summed E-state index contributed by atoms with van der Waals surface area (Å²) in [6.07, 6.45) is 5.33. The standard InChI is InChI=1S/C12H20N4O2S/c1-3-4-5-19-9(2)12(18)15-10-6-14-16(7-10)8-11(13)17/h6-7,9H,3-5,8H2,1-2H3,(H2,13,17)(H,15,18)/t9-/m0/s1. The van der Waals surface area contributed by atoms with E-state index in [1.54, 1.807) is 18.0 Å². The molecular weight excluding hydrogens is 264 g/mol. The van der Waals surface area contributed by atoms with Crippen molar-refractivity contribution in [2.45, 2.75) is 38.5 Å². The first kappa shape index (κ1) is 15.6. The summed E-state index contributed by atoms with van der Waals surface area (Å²) in [4.78, 5) is 22.6. The molecule has 0 saturated carbocycles. The van der Waals surface area contributed by atoms with Gasteiger partial charge in [0.05, 0.1) is 17.1 Å². The van der Waals surface area contributed by atoms with Crippen LogP contribution in [0.3, 0.4) is 0 Å². The lowest BCUT2D eigenvalue weighted by molar-refractivity contribution is -0.118. The van der Waals surface area contributed by atoms with E-state index in [2.05, 4.69) is 17.3 Å². The fraction of sp³-hybridized carbons (Fsp3) is 0.583. The summed E-state index contributed by atoms with van der Waals surface area (Å²) in [6.45, 7) is 4.01. The molecule has 0 aromatic carbocycles. The van der Waals surface area contributed by atoms with Gasteiger partial charge in [-0.15, -0.1) is 11.8 Å². The number of hydrogen-bond acceptors (Lipinski definition) is 4. The van der Waals surface area contributed by atoms with Crippen molar-refractivity contribution < 1.29 is 9.59 Å². The maximum atomic E-state index is 11.9. The number of anilines is 1. The molecule has 6 nitrogen and oxygen atoms in total. The van der Waals surface area contributed by atoms with Crippen LogP contribution in [0.4, 0.5) is 5.69 Å². The van der Waals surface area contributed by atoms with Crippen LogP contribution < -0.4 is 11.1 Å². The highest BCUT2D eigenvalue weighted by atomic mass is 32.2. The van der Waals surface area contributed by atoms with Gasteiger partial charge in [0, 0.05) is 6.20 Å². The molecule has 0 spiro atoms. The fourth-order valence-corrected chi connectivity index (χ4v) is 2.42. The molecule has 1 aromatic rings. The van der Waals surface area contributed by atoms with Crippen LogP contribution >= 0.6 is 11.8 Å². The number of primary amides is 1. The molecule has 0 unspecified atom stereocenters. The van der Waals surface area contributed by atoms with Gasteiger partial charge in [0.1, 0.15) is 6.54 Å². The third-order valence-corrected chi connectivity index (χ3v) is 3.69. The van der Waals surface area contributed by atoms with Gasteiger partial charge in [-0.05, 0) is 19.1 Å². The number of rotatable bonds is 8. The Morgan fingerprint density at radius 3 is 2.95 bits per heavy atom. The van der Waals surface area contributed by atoms with Crippen molar-refractivity contribution in [2.24, 2.45) is 5.73 Å². The fourth-order valence-electron chi connectivity index (χ4n) is 1.40. The molecule has 0 aliphatic heterocycles. The first-order valence-corrected chi connectivity index (χ1v) is 7.31. The van der Waals surface area contributed by atoms with Gasteiger partial charge in [0.15, 0.2) is 0 Å². The van der Waals surface area contributed by atoms with Crippen molar-refractivity contribution in [1.82, 2.24) is 9.78 Å². The van der Waals surface area contributed by atoms with Crippen molar-refractivity contribution in [3.8, 4) is 0 Å². The van der Waals surface area contributed by atoms with E-state index in [1.807, 2.05) is 6.92 Å². The number of hydrogen-bond donors (Lipinski definition) is 2. The first-order valence-electron chi connectivity index (χ1n) is 6.26. The van der Waals surface area contributed by atoms with Gasteiger partial charge in [0.25, 0.3) is 0 Å². The number of nitrogens with two attached hydrogens (primary N) is 1. The van der Waals surface area contributed by atoms with E-state index in [4.69, 9.17) is 5.73 Å². The number of carbonyl (C=O) groups excluding carboxylic acids is 2. The van der Waals surface area contributed by atoms with Crippen molar-refractivity contribution in [3.63, 3.8) is 0 Å². The zero-order valence-corrected chi connectivity index (χ0v) is 12.1. The summed E-state index contributed by atoms with van der Waals surface area (Å²) in [5.74, 6) is 0.454. The van der Waals surface area contributed by atoms with Crippen LogP contribution in [-0.4, -0.2) is 32.6 Å². The summed E-state index contributed by atoms with van der Waals surface area (Å²) in [5, 5.41) is 6.60. The summed E-state index contributed by atoms with van der Waals surface area (Å²) in [7, 11) is 0.